The first kappa shape index (κ1) is 21.9. The quantitative estimate of drug-likeness (QED) is 0.158. The van der Waals surface area contributed by atoms with Gasteiger partial charge < -0.3 is 30.2 Å². The summed E-state index contributed by atoms with van der Waals surface area (Å²) in [7, 11) is 0. The van der Waals surface area contributed by atoms with Crippen molar-refractivity contribution in [2.24, 2.45) is 4.99 Å². The highest BCUT2D eigenvalue weighted by molar-refractivity contribution is 7.71. The van der Waals surface area contributed by atoms with Gasteiger partial charge in [-0.05, 0) is 36.4 Å². The summed E-state index contributed by atoms with van der Waals surface area (Å²) in [5.41, 5.74) is 4.32. The van der Waals surface area contributed by atoms with E-state index in [9.17, 15) is 0 Å². The van der Waals surface area contributed by atoms with Crippen molar-refractivity contribution in [3.05, 3.63) is 94.7 Å². The van der Waals surface area contributed by atoms with Crippen molar-refractivity contribution < 1.29 is 0 Å². The summed E-state index contributed by atoms with van der Waals surface area (Å²) in [6.45, 7) is 0. The number of nitrogens with zero attached hydrogens (tertiary/aromatic N) is 3. The highest BCUT2D eigenvalue weighted by atomic mass is 32.1. The number of hydrogen-bond acceptors (Lipinski definition) is 6. The zero-order chi connectivity index (χ0) is 24.5. The first-order valence-corrected chi connectivity index (χ1v) is 11.8. The fourth-order valence-electron chi connectivity index (χ4n) is 3.98. The first-order valence-electron chi connectivity index (χ1n) is 11.0. The summed E-state index contributed by atoms with van der Waals surface area (Å²) in [5.74, 6) is 2.07. The van der Waals surface area contributed by atoms with E-state index in [1.807, 2.05) is 73.6 Å². The molecular formula is C25H19N9S2. The van der Waals surface area contributed by atoms with E-state index in [-0.39, 0.29) is 0 Å². The Balaban J connectivity index is 1.36. The van der Waals surface area contributed by atoms with E-state index in [0.717, 1.165) is 38.8 Å². The third-order valence-corrected chi connectivity index (χ3v) is 6.37. The van der Waals surface area contributed by atoms with Gasteiger partial charge in [-0.1, -0.05) is 24.4 Å². The molecule has 0 aliphatic rings. The Morgan fingerprint density at radius 2 is 1.44 bits per heavy atom. The average Bonchev–Trinajstić information content (AvgIpc) is 3.63. The van der Waals surface area contributed by atoms with Crippen LogP contribution >= 0.6 is 24.4 Å². The topological polar surface area (TPSA) is 129 Å². The fraction of sp³-hybridized carbons (Fsp3) is 0. The van der Waals surface area contributed by atoms with Crippen LogP contribution in [0, 0.1) is 9.28 Å². The maximum absolute atomic E-state index is 5.41. The molecule has 0 atom stereocenters. The molecule has 0 unspecified atom stereocenters. The van der Waals surface area contributed by atoms with Crippen LogP contribution in [0.2, 0.25) is 0 Å². The molecule has 0 bridgehead atoms. The Morgan fingerprint density at radius 1 is 0.750 bits per heavy atom. The zero-order valence-corrected chi connectivity index (χ0v) is 20.3. The number of aromatic amines is 5. The van der Waals surface area contributed by atoms with Crippen LogP contribution < -0.4 is 10.8 Å². The second-order valence-corrected chi connectivity index (χ2v) is 8.78. The molecule has 6 aromatic heterocycles. The van der Waals surface area contributed by atoms with Crippen LogP contribution in [0.15, 0.2) is 84.9 Å². The van der Waals surface area contributed by atoms with Gasteiger partial charge in [0.2, 0.25) is 0 Å². The lowest BCUT2D eigenvalue weighted by Crippen LogP contribution is -2.03. The smallest absolute Gasteiger partial charge is 0.165 e. The molecule has 6 rings (SSSR count). The van der Waals surface area contributed by atoms with E-state index in [1.54, 1.807) is 0 Å². The van der Waals surface area contributed by atoms with Crippen LogP contribution in [0.3, 0.4) is 0 Å². The molecule has 0 radical (unpaired) electrons. The first-order chi connectivity index (χ1) is 17.7. The molecule has 0 aliphatic carbocycles. The third kappa shape index (κ3) is 4.17. The molecule has 6 aromatic rings. The molecule has 176 valence electrons. The Hall–Kier alpha value is -4.61. The van der Waals surface area contributed by atoms with Gasteiger partial charge in [-0.3, -0.25) is 0 Å². The number of pyridine rings is 2. The number of anilines is 2. The monoisotopic (exact) mass is 509 g/mol. The van der Waals surface area contributed by atoms with E-state index >= 15 is 0 Å². The standard InChI is InChI=1S/C25H19N9S2/c35-24-16(3-1-5-27-24)14-7-20(29-9-14)33-22-18-11-26-12-19(18)23(32-13-31-22)34-21-8-15(10-30-21)17-4-2-6-28-25(17)36/h1-13,26,29-30H,(H,27,35)(H,28,36)(H,31,32,33,34). The minimum atomic E-state index is 0.529. The van der Waals surface area contributed by atoms with Crippen LogP contribution in [0.25, 0.3) is 33.0 Å². The van der Waals surface area contributed by atoms with Crippen molar-refractivity contribution >= 4 is 52.7 Å². The molecule has 9 nitrogen and oxygen atoms in total. The van der Waals surface area contributed by atoms with Crippen LogP contribution in [0.1, 0.15) is 0 Å². The maximum Gasteiger partial charge on any atom is 0.165 e. The number of H-pyrrole nitrogens is 5. The van der Waals surface area contributed by atoms with E-state index in [1.165, 1.54) is 6.33 Å². The summed E-state index contributed by atoms with van der Waals surface area (Å²) in [6, 6.07) is 11.7. The van der Waals surface area contributed by atoms with Gasteiger partial charge >= 0.3 is 0 Å². The molecule has 6 heterocycles. The highest BCUT2D eigenvalue weighted by Gasteiger charge is 2.09. The summed E-state index contributed by atoms with van der Waals surface area (Å²) in [6.07, 6.45) is 12.6. The van der Waals surface area contributed by atoms with Crippen molar-refractivity contribution in [1.82, 2.24) is 34.9 Å². The van der Waals surface area contributed by atoms with Crippen molar-refractivity contribution in [1.29, 1.82) is 0 Å². The largest absolute Gasteiger partial charge is 0.366 e. The van der Waals surface area contributed by atoms with Crippen LogP contribution in [-0.2, 0) is 0 Å². The minimum Gasteiger partial charge on any atom is -0.366 e. The van der Waals surface area contributed by atoms with Gasteiger partial charge in [0.15, 0.2) is 5.49 Å². The second-order valence-electron chi connectivity index (χ2n) is 7.97. The Labute approximate surface area is 214 Å². The third-order valence-electron chi connectivity index (χ3n) is 5.70. The summed E-state index contributed by atoms with van der Waals surface area (Å²) in [4.78, 5) is 29.4. The van der Waals surface area contributed by atoms with E-state index in [4.69, 9.17) is 29.4 Å². The number of aromatic nitrogens is 7. The predicted octanol–water partition coefficient (Wildman–Crippen LogP) is 6.04. The maximum atomic E-state index is 5.41. The van der Waals surface area contributed by atoms with Gasteiger partial charge in [-0.25, -0.2) is 15.0 Å². The zero-order valence-electron chi connectivity index (χ0n) is 18.7. The molecule has 0 fully saturated rings. The molecule has 6 N–H and O–H groups in total. The SMILES string of the molecule is S=c1[nH]cccc1-c1c[nH]c(/N=c2\ncnc(Nc3cc(-c4ccc[nH]c4=S)c[nH]3)c3c[nH]cc23)c1. The van der Waals surface area contributed by atoms with E-state index < -0.39 is 0 Å². The van der Waals surface area contributed by atoms with Crippen LogP contribution in [-0.4, -0.2) is 34.9 Å². The molecular weight excluding hydrogens is 490 g/mol. The molecule has 36 heavy (non-hydrogen) atoms. The van der Waals surface area contributed by atoms with Crippen molar-refractivity contribution in [2.75, 3.05) is 5.32 Å². The summed E-state index contributed by atoms with van der Waals surface area (Å²) in [5, 5.41) is 5.01. The molecule has 0 aromatic carbocycles. The van der Waals surface area contributed by atoms with Crippen molar-refractivity contribution in [3.63, 3.8) is 0 Å². The molecule has 0 aliphatic heterocycles. The normalized spacial score (nSPS) is 11.7. The van der Waals surface area contributed by atoms with Gasteiger partial charge in [0.25, 0.3) is 0 Å². The van der Waals surface area contributed by atoms with Crippen LogP contribution in [0.5, 0.6) is 0 Å². The Morgan fingerprint density at radius 3 is 2.19 bits per heavy atom. The lowest BCUT2D eigenvalue weighted by molar-refractivity contribution is 1.12. The molecule has 0 saturated carbocycles. The fourth-order valence-corrected chi connectivity index (χ4v) is 4.49. The Bertz CT molecular complexity index is 1890. The predicted molar refractivity (Wildman–Crippen MR) is 145 cm³/mol. The lowest BCUT2D eigenvalue weighted by Gasteiger charge is -2.01. The van der Waals surface area contributed by atoms with Gasteiger partial charge in [0.05, 0.1) is 0 Å². The molecule has 0 saturated heterocycles. The minimum absolute atomic E-state index is 0.529. The summed E-state index contributed by atoms with van der Waals surface area (Å²) >= 11 is 10.8. The van der Waals surface area contributed by atoms with Gasteiger partial charge in [0.1, 0.15) is 33.1 Å². The number of fused-ring (bicyclic) bond motifs is 1. The molecule has 0 spiro atoms. The van der Waals surface area contributed by atoms with Crippen molar-refractivity contribution in [2.45, 2.75) is 0 Å². The number of rotatable bonds is 5. The van der Waals surface area contributed by atoms with Gasteiger partial charge in [-0.2, -0.15) is 0 Å². The van der Waals surface area contributed by atoms with Gasteiger partial charge in [0, 0.05) is 70.2 Å². The van der Waals surface area contributed by atoms with Crippen molar-refractivity contribution in [3.8, 4) is 22.3 Å². The second kappa shape index (κ2) is 9.21. The number of hydrogen-bond donors (Lipinski definition) is 6. The number of nitrogens with one attached hydrogen (secondary N) is 6. The van der Waals surface area contributed by atoms with Gasteiger partial charge in [-0.15, -0.1) is 0 Å². The summed E-state index contributed by atoms with van der Waals surface area (Å²) < 4.78 is 1.35. The average molecular weight is 510 g/mol. The lowest BCUT2D eigenvalue weighted by atomic mass is 10.1. The Kier molecular flexibility index (Phi) is 5.60. The van der Waals surface area contributed by atoms with E-state index in [2.05, 4.69) is 40.2 Å². The van der Waals surface area contributed by atoms with E-state index in [0.29, 0.717) is 26.4 Å². The molecule has 11 heteroatoms. The molecule has 0 amide bonds. The highest BCUT2D eigenvalue weighted by Crippen LogP contribution is 2.27. The van der Waals surface area contributed by atoms with Crippen LogP contribution in [0.4, 0.5) is 17.5 Å².